The van der Waals surface area contributed by atoms with Gasteiger partial charge in [0.15, 0.2) is 0 Å². The van der Waals surface area contributed by atoms with Crippen molar-refractivity contribution in [3.05, 3.63) is 0 Å². The van der Waals surface area contributed by atoms with Crippen molar-refractivity contribution in [2.24, 2.45) is 11.3 Å². The Hall–Kier alpha value is -0.570. The van der Waals surface area contributed by atoms with E-state index in [2.05, 4.69) is 5.32 Å². The van der Waals surface area contributed by atoms with Gasteiger partial charge >= 0.3 is 5.97 Å². The van der Waals surface area contributed by atoms with Gasteiger partial charge in [-0.2, -0.15) is 0 Å². The van der Waals surface area contributed by atoms with Gasteiger partial charge in [0, 0.05) is 6.54 Å². The third kappa shape index (κ3) is 1.57. The van der Waals surface area contributed by atoms with Gasteiger partial charge in [-0.05, 0) is 25.3 Å². The fourth-order valence-corrected chi connectivity index (χ4v) is 2.44. The largest absolute Gasteiger partial charge is 0.481 e. The minimum Gasteiger partial charge on any atom is -0.481 e. The first kappa shape index (κ1) is 9.00. The smallest absolute Gasteiger partial charge is 0.310 e. The van der Waals surface area contributed by atoms with Crippen molar-refractivity contribution < 1.29 is 9.90 Å². The highest BCUT2D eigenvalue weighted by atomic mass is 16.4. The molecule has 0 amide bonds. The molecule has 13 heavy (non-hydrogen) atoms. The van der Waals surface area contributed by atoms with Crippen LogP contribution in [0, 0.1) is 11.3 Å². The Kier molecular flexibility index (Phi) is 2.28. The normalized spacial score (nSPS) is 34.5. The summed E-state index contributed by atoms with van der Waals surface area (Å²) in [6.07, 6.45) is 5.51. The van der Waals surface area contributed by atoms with E-state index >= 15 is 0 Å². The molecule has 3 heteroatoms. The number of aliphatic carboxylic acids is 1. The van der Waals surface area contributed by atoms with Crippen LogP contribution in [0.4, 0.5) is 0 Å². The van der Waals surface area contributed by atoms with Crippen LogP contribution in [0.15, 0.2) is 0 Å². The molecular formula is C10H17NO2. The molecule has 0 aromatic rings. The van der Waals surface area contributed by atoms with Crippen molar-refractivity contribution >= 4 is 5.97 Å². The van der Waals surface area contributed by atoms with Gasteiger partial charge in [0.2, 0.25) is 0 Å². The lowest BCUT2D eigenvalue weighted by Crippen LogP contribution is -2.36. The van der Waals surface area contributed by atoms with Crippen LogP contribution in [-0.4, -0.2) is 24.2 Å². The fraction of sp³-hybridized carbons (Fsp3) is 0.900. The predicted octanol–water partition coefficient (Wildman–Crippen LogP) is 1.24. The summed E-state index contributed by atoms with van der Waals surface area (Å²) >= 11 is 0. The summed E-state index contributed by atoms with van der Waals surface area (Å²) in [5.41, 5.74) is -0.426. The zero-order valence-corrected chi connectivity index (χ0v) is 7.88. The van der Waals surface area contributed by atoms with Crippen LogP contribution in [-0.2, 0) is 4.79 Å². The maximum atomic E-state index is 11.2. The Labute approximate surface area is 78.5 Å². The molecule has 0 aromatic heterocycles. The first-order valence-corrected chi connectivity index (χ1v) is 5.17. The number of carboxylic acids is 1. The van der Waals surface area contributed by atoms with Gasteiger partial charge in [-0.15, -0.1) is 0 Å². The molecule has 0 aromatic carbocycles. The van der Waals surface area contributed by atoms with E-state index in [1.807, 2.05) is 0 Å². The Morgan fingerprint density at radius 2 is 2.31 bits per heavy atom. The van der Waals surface area contributed by atoms with Crippen LogP contribution in [0.25, 0.3) is 0 Å². The molecule has 1 unspecified atom stereocenters. The van der Waals surface area contributed by atoms with Crippen LogP contribution < -0.4 is 5.32 Å². The lowest BCUT2D eigenvalue weighted by molar-refractivity contribution is -0.149. The maximum Gasteiger partial charge on any atom is 0.310 e. The number of carboxylic acid groups (broad SMARTS) is 1. The zero-order chi connectivity index (χ0) is 9.31. The monoisotopic (exact) mass is 183 g/mol. The maximum absolute atomic E-state index is 11.2. The summed E-state index contributed by atoms with van der Waals surface area (Å²) in [5, 5.41) is 12.4. The molecule has 2 N–H and O–H groups in total. The first-order valence-electron chi connectivity index (χ1n) is 5.17. The summed E-state index contributed by atoms with van der Waals surface area (Å²) in [4.78, 5) is 11.2. The van der Waals surface area contributed by atoms with Gasteiger partial charge in [0.05, 0.1) is 5.41 Å². The number of hydrogen-bond acceptors (Lipinski definition) is 2. The minimum absolute atomic E-state index is 0.426. The average molecular weight is 183 g/mol. The van der Waals surface area contributed by atoms with Crippen LogP contribution in [0.5, 0.6) is 0 Å². The standard InChI is InChI=1S/C10H17NO2/c12-9(13)10(4-5-11-7-10)6-8-2-1-3-8/h8,11H,1-7H2,(H,12,13). The highest BCUT2D eigenvalue weighted by Gasteiger charge is 2.43. The van der Waals surface area contributed by atoms with Crippen LogP contribution in [0.1, 0.15) is 32.1 Å². The zero-order valence-electron chi connectivity index (χ0n) is 7.88. The van der Waals surface area contributed by atoms with Gasteiger partial charge in [-0.25, -0.2) is 0 Å². The number of rotatable bonds is 3. The van der Waals surface area contributed by atoms with Crippen molar-refractivity contribution in [1.29, 1.82) is 0 Å². The molecule has 0 bridgehead atoms. The molecule has 0 radical (unpaired) electrons. The number of hydrogen-bond donors (Lipinski definition) is 2. The summed E-state index contributed by atoms with van der Waals surface area (Å²) in [6, 6.07) is 0. The van der Waals surface area contributed by atoms with Crippen molar-refractivity contribution in [3.8, 4) is 0 Å². The van der Waals surface area contributed by atoms with E-state index < -0.39 is 11.4 Å². The SMILES string of the molecule is O=C(O)C1(CC2CCC2)CCNC1. The Morgan fingerprint density at radius 3 is 2.69 bits per heavy atom. The molecule has 2 rings (SSSR count). The molecule has 2 aliphatic rings. The van der Waals surface area contributed by atoms with Crippen LogP contribution >= 0.6 is 0 Å². The van der Waals surface area contributed by atoms with Crippen molar-refractivity contribution in [1.82, 2.24) is 5.32 Å². The summed E-state index contributed by atoms with van der Waals surface area (Å²) in [7, 11) is 0. The fourth-order valence-electron chi connectivity index (χ4n) is 2.44. The van der Waals surface area contributed by atoms with Crippen molar-refractivity contribution in [2.75, 3.05) is 13.1 Å². The molecular weight excluding hydrogens is 166 g/mol. The Bertz CT molecular complexity index is 205. The second kappa shape index (κ2) is 3.29. The molecule has 0 spiro atoms. The lowest BCUT2D eigenvalue weighted by Gasteiger charge is -2.33. The quantitative estimate of drug-likeness (QED) is 0.692. The van der Waals surface area contributed by atoms with Gasteiger partial charge in [0.1, 0.15) is 0 Å². The molecule has 2 fully saturated rings. The minimum atomic E-state index is -0.593. The van der Waals surface area contributed by atoms with Crippen LogP contribution in [0.3, 0.4) is 0 Å². The Balaban J connectivity index is 1.99. The first-order chi connectivity index (χ1) is 6.23. The summed E-state index contributed by atoms with van der Waals surface area (Å²) in [5.74, 6) is 0.0976. The molecule has 1 aliphatic heterocycles. The molecule has 1 aliphatic carbocycles. The van der Waals surface area contributed by atoms with E-state index in [0.717, 1.165) is 19.4 Å². The second-order valence-corrected chi connectivity index (χ2v) is 4.51. The van der Waals surface area contributed by atoms with E-state index in [0.29, 0.717) is 12.5 Å². The van der Waals surface area contributed by atoms with E-state index in [4.69, 9.17) is 0 Å². The van der Waals surface area contributed by atoms with Gasteiger partial charge in [-0.1, -0.05) is 19.3 Å². The second-order valence-electron chi connectivity index (χ2n) is 4.51. The third-order valence-electron chi connectivity index (χ3n) is 3.60. The highest BCUT2D eigenvalue weighted by molar-refractivity contribution is 5.75. The molecule has 1 saturated carbocycles. The predicted molar refractivity (Wildman–Crippen MR) is 49.5 cm³/mol. The topological polar surface area (TPSA) is 49.3 Å². The molecule has 1 saturated heterocycles. The number of nitrogens with one attached hydrogen (secondary N) is 1. The molecule has 74 valence electrons. The third-order valence-corrected chi connectivity index (χ3v) is 3.60. The van der Waals surface area contributed by atoms with Gasteiger partial charge in [-0.3, -0.25) is 4.79 Å². The van der Waals surface area contributed by atoms with Crippen molar-refractivity contribution in [3.63, 3.8) is 0 Å². The van der Waals surface area contributed by atoms with E-state index in [9.17, 15) is 9.90 Å². The average Bonchev–Trinajstić information content (AvgIpc) is 2.46. The van der Waals surface area contributed by atoms with E-state index in [1.54, 1.807) is 0 Å². The molecule has 1 atom stereocenters. The highest BCUT2D eigenvalue weighted by Crippen LogP contribution is 2.40. The summed E-state index contributed by atoms with van der Waals surface area (Å²) < 4.78 is 0. The Morgan fingerprint density at radius 1 is 1.54 bits per heavy atom. The lowest BCUT2D eigenvalue weighted by atomic mass is 9.71. The van der Waals surface area contributed by atoms with Crippen molar-refractivity contribution in [2.45, 2.75) is 32.1 Å². The molecule has 3 nitrogen and oxygen atoms in total. The van der Waals surface area contributed by atoms with Crippen LogP contribution in [0.2, 0.25) is 0 Å². The van der Waals surface area contributed by atoms with E-state index in [1.165, 1.54) is 19.3 Å². The van der Waals surface area contributed by atoms with Gasteiger partial charge < -0.3 is 10.4 Å². The summed E-state index contributed by atoms with van der Waals surface area (Å²) in [6.45, 7) is 1.55. The van der Waals surface area contributed by atoms with E-state index in [-0.39, 0.29) is 0 Å². The van der Waals surface area contributed by atoms with Gasteiger partial charge in [0.25, 0.3) is 0 Å². The molecule has 1 heterocycles. The number of carbonyl (C=O) groups is 1.